The average Bonchev–Trinajstić information content (AvgIpc) is 2.41. The smallest absolute Gasteiger partial charge is 0.202 e. The molecule has 0 aromatic carbocycles. The Morgan fingerprint density at radius 3 is 1.72 bits per heavy atom. The molecule has 0 saturated carbocycles. The molecule has 1 atom stereocenters. The van der Waals surface area contributed by atoms with Gasteiger partial charge in [-0.05, 0) is 48.0 Å². The van der Waals surface area contributed by atoms with E-state index in [4.69, 9.17) is 22.9 Å². The lowest BCUT2D eigenvalue weighted by molar-refractivity contribution is -0.971. The SMILES string of the molecule is CC(C)(N)CCN1CNC[N+](CCC(C)(C)N)(CCC(C)(C)N)C1N. The zero-order chi connectivity index (χ0) is 19.5. The van der Waals surface area contributed by atoms with Gasteiger partial charge in [-0.2, -0.15) is 0 Å². The Balaban J connectivity index is 2.90. The van der Waals surface area contributed by atoms with Crippen LogP contribution < -0.4 is 28.3 Å². The molecule has 0 aromatic rings. The Labute approximate surface area is 155 Å². The Hall–Kier alpha value is -0.280. The van der Waals surface area contributed by atoms with Gasteiger partial charge in [-0.3, -0.25) is 15.5 Å². The number of hydrogen-bond acceptors (Lipinski definition) is 6. The van der Waals surface area contributed by atoms with Crippen LogP contribution in [0.15, 0.2) is 0 Å². The number of nitrogens with zero attached hydrogens (tertiary/aromatic N) is 2. The fourth-order valence-corrected chi connectivity index (χ4v) is 3.15. The first-order valence-corrected chi connectivity index (χ1v) is 9.56. The number of nitrogens with one attached hydrogen (secondary N) is 1. The summed E-state index contributed by atoms with van der Waals surface area (Å²) in [6.07, 6.45) is 2.69. The van der Waals surface area contributed by atoms with Gasteiger partial charge in [0.15, 0.2) is 0 Å². The molecule has 7 nitrogen and oxygen atoms in total. The number of rotatable bonds is 9. The van der Waals surface area contributed by atoms with Gasteiger partial charge in [-0.25, -0.2) is 4.90 Å². The molecule has 1 rings (SSSR count). The quantitative estimate of drug-likeness (QED) is 0.377. The monoisotopic (exact) mass is 358 g/mol. The molecule has 0 aliphatic carbocycles. The molecule has 150 valence electrons. The Bertz CT molecular complexity index is 385. The molecule has 0 aromatic heterocycles. The normalized spacial score (nSPS) is 23.0. The van der Waals surface area contributed by atoms with Gasteiger partial charge >= 0.3 is 0 Å². The van der Waals surface area contributed by atoms with Crippen molar-refractivity contribution >= 4 is 0 Å². The van der Waals surface area contributed by atoms with Crippen molar-refractivity contribution < 1.29 is 4.48 Å². The second kappa shape index (κ2) is 8.17. The minimum Gasteiger partial charge on any atom is -0.326 e. The summed E-state index contributed by atoms with van der Waals surface area (Å²) in [5, 5.41) is 3.56. The van der Waals surface area contributed by atoms with Gasteiger partial charge in [-0.15, -0.1) is 0 Å². The predicted octanol–water partition coefficient (Wildman–Crippen LogP) is 0.248. The summed E-state index contributed by atoms with van der Waals surface area (Å²) in [5.41, 5.74) is 24.9. The van der Waals surface area contributed by atoms with Crippen molar-refractivity contribution in [1.82, 2.24) is 10.2 Å². The molecular formula is C18H44N7+. The van der Waals surface area contributed by atoms with Crippen LogP contribution in [0.2, 0.25) is 0 Å². The number of nitrogens with two attached hydrogens (primary N) is 4. The maximum absolute atomic E-state index is 6.78. The van der Waals surface area contributed by atoms with Crippen LogP contribution >= 0.6 is 0 Å². The fourth-order valence-electron chi connectivity index (χ4n) is 3.15. The third-order valence-electron chi connectivity index (χ3n) is 5.12. The van der Waals surface area contributed by atoms with E-state index in [1.165, 1.54) is 0 Å². The standard InChI is InChI=1S/C18H44N7/c1-16(2,20)7-10-24-13-23-14-25(15(24)19,11-8-17(3,4)21)12-9-18(5,6)22/h15,23H,7-14,19-22H2,1-6H3/q+1. The number of quaternary nitrogens is 1. The van der Waals surface area contributed by atoms with Gasteiger partial charge in [0.05, 0.1) is 19.8 Å². The highest BCUT2D eigenvalue weighted by molar-refractivity contribution is 4.78. The lowest BCUT2D eigenvalue weighted by Crippen LogP contribution is -2.75. The van der Waals surface area contributed by atoms with E-state index in [0.29, 0.717) is 0 Å². The summed E-state index contributed by atoms with van der Waals surface area (Å²) >= 11 is 0. The van der Waals surface area contributed by atoms with Crippen molar-refractivity contribution in [2.45, 2.75) is 83.7 Å². The van der Waals surface area contributed by atoms with Crippen LogP contribution in [0, 0.1) is 0 Å². The first-order valence-electron chi connectivity index (χ1n) is 9.56. The van der Waals surface area contributed by atoms with Crippen molar-refractivity contribution in [1.29, 1.82) is 0 Å². The van der Waals surface area contributed by atoms with E-state index in [1.54, 1.807) is 0 Å². The molecule has 1 aliphatic heterocycles. The van der Waals surface area contributed by atoms with Crippen LogP contribution in [0.4, 0.5) is 0 Å². The van der Waals surface area contributed by atoms with Crippen molar-refractivity contribution in [2.24, 2.45) is 22.9 Å². The summed E-state index contributed by atoms with van der Waals surface area (Å²) in [4.78, 5) is 2.31. The van der Waals surface area contributed by atoms with Gasteiger partial charge in [0.25, 0.3) is 0 Å². The molecule has 1 fully saturated rings. The molecule has 0 spiro atoms. The Kier molecular flexibility index (Phi) is 7.44. The minimum absolute atomic E-state index is 0.0618. The lowest BCUT2D eigenvalue weighted by Gasteiger charge is -2.52. The molecule has 25 heavy (non-hydrogen) atoms. The molecule has 1 saturated heterocycles. The maximum atomic E-state index is 6.78. The first-order chi connectivity index (χ1) is 11.1. The molecule has 0 radical (unpaired) electrons. The van der Waals surface area contributed by atoms with E-state index in [-0.39, 0.29) is 22.9 Å². The van der Waals surface area contributed by atoms with Gasteiger partial charge in [0, 0.05) is 36.0 Å². The van der Waals surface area contributed by atoms with Gasteiger partial charge in [-0.1, -0.05) is 0 Å². The van der Waals surface area contributed by atoms with E-state index in [2.05, 4.69) is 51.8 Å². The second-order valence-corrected chi connectivity index (χ2v) is 10.2. The minimum atomic E-state index is -0.204. The molecule has 1 unspecified atom stereocenters. The third-order valence-corrected chi connectivity index (χ3v) is 5.12. The predicted molar refractivity (Wildman–Crippen MR) is 106 cm³/mol. The van der Waals surface area contributed by atoms with Crippen LogP contribution in [-0.4, -0.2) is 65.3 Å². The van der Waals surface area contributed by atoms with Crippen molar-refractivity contribution in [2.75, 3.05) is 33.0 Å². The lowest BCUT2D eigenvalue weighted by atomic mass is 9.98. The first kappa shape index (κ1) is 22.8. The summed E-state index contributed by atoms with van der Waals surface area (Å²) in [6.45, 7) is 16.9. The molecule has 1 heterocycles. The van der Waals surface area contributed by atoms with Gasteiger partial charge in [0.2, 0.25) is 6.29 Å². The number of hydrogen-bond donors (Lipinski definition) is 5. The van der Waals surface area contributed by atoms with Crippen LogP contribution in [0.25, 0.3) is 0 Å². The Morgan fingerprint density at radius 1 is 0.880 bits per heavy atom. The fraction of sp³-hybridized carbons (Fsp3) is 1.00. The van der Waals surface area contributed by atoms with Gasteiger partial charge in [0.1, 0.15) is 6.67 Å². The van der Waals surface area contributed by atoms with Crippen molar-refractivity contribution in [3.8, 4) is 0 Å². The molecular weight excluding hydrogens is 314 g/mol. The summed E-state index contributed by atoms with van der Waals surface area (Å²) in [6, 6.07) is 0. The molecule has 7 heteroatoms. The maximum Gasteiger partial charge on any atom is 0.202 e. The van der Waals surface area contributed by atoms with Crippen LogP contribution in [0.5, 0.6) is 0 Å². The summed E-state index contributed by atoms with van der Waals surface area (Å²) in [7, 11) is 0. The van der Waals surface area contributed by atoms with Crippen LogP contribution in [0.3, 0.4) is 0 Å². The highest BCUT2D eigenvalue weighted by Crippen LogP contribution is 2.23. The van der Waals surface area contributed by atoms with E-state index in [1.807, 2.05) is 0 Å². The molecule has 1 aliphatic rings. The highest BCUT2D eigenvalue weighted by Gasteiger charge is 2.42. The molecule has 9 N–H and O–H groups in total. The summed E-state index contributed by atoms with van der Waals surface area (Å²) in [5.74, 6) is 0. The summed E-state index contributed by atoms with van der Waals surface area (Å²) < 4.78 is 0.784. The average molecular weight is 359 g/mol. The zero-order valence-electron chi connectivity index (χ0n) is 17.4. The van der Waals surface area contributed by atoms with Gasteiger partial charge < -0.3 is 17.2 Å². The van der Waals surface area contributed by atoms with Crippen molar-refractivity contribution in [3.63, 3.8) is 0 Å². The molecule has 0 bridgehead atoms. The molecule has 0 amide bonds. The van der Waals surface area contributed by atoms with E-state index < -0.39 is 0 Å². The van der Waals surface area contributed by atoms with E-state index in [0.717, 1.165) is 56.7 Å². The highest BCUT2D eigenvalue weighted by atomic mass is 15.6. The van der Waals surface area contributed by atoms with E-state index >= 15 is 0 Å². The van der Waals surface area contributed by atoms with Crippen LogP contribution in [-0.2, 0) is 0 Å². The topological polar surface area (TPSA) is 119 Å². The largest absolute Gasteiger partial charge is 0.326 e. The Morgan fingerprint density at radius 2 is 1.32 bits per heavy atom. The van der Waals surface area contributed by atoms with Crippen LogP contribution in [0.1, 0.15) is 60.8 Å². The van der Waals surface area contributed by atoms with E-state index in [9.17, 15) is 0 Å². The second-order valence-electron chi connectivity index (χ2n) is 10.2. The zero-order valence-corrected chi connectivity index (χ0v) is 17.4. The third kappa shape index (κ3) is 8.30. The van der Waals surface area contributed by atoms with Crippen molar-refractivity contribution in [3.05, 3.63) is 0 Å².